The van der Waals surface area contributed by atoms with E-state index in [1.165, 1.54) is 24.3 Å². The zero-order chi connectivity index (χ0) is 15.2. The molecule has 0 saturated heterocycles. The second kappa shape index (κ2) is 6.99. The minimum Gasteiger partial charge on any atom is -0.462 e. The minimum atomic E-state index is -0.802. The van der Waals surface area contributed by atoms with Gasteiger partial charge in [0.25, 0.3) is 0 Å². The highest BCUT2D eigenvalue weighted by Gasteiger charge is 2.15. The number of rotatable bonds is 6. The Labute approximate surface area is 120 Å². The van der Waals surface area contributed by atoms with Crippen molar-refractivity contribution in [1.82, 2.24) is 0 Å². The fraction of sp³-hybridized carbons (Fsp3) is 0.333. The highest BCUT2D eigenvalue weighted by atomic mass is 19.1. The molecule has 1 heterocycles. The molecule has 0 bridgehead atoms. The van der Waals surface area contributed by atoms with Gasteiger partial charge in [0.15, 0.2) is 0 Å². The molecular weight excluding hydrogens is 279 g/mol. The van der Waals surface area contributed by atoms with Gasteiger partial charge in [0.05, 0.1) is 6.61 Å². The molecule has 5 nitrogen and oxygen atoms in total. The summed E-state index contributed by atoms with van der Waals surface area (Å²) >= 11 is 0. The van der Waals surface area contributed by atoms with Crippen molar-refractivity contribution in [2.45, 2.75) is 13.3 Å². The second-order valence-electron chi connectivity index (χ2n) is 4.32. The molecule has 1 aromatic carbocycles. The SMILES string of the molecule is CCOCCCOC(=O)c1cc2cc(F)ccc2oc1=O. The largest absolute Gasteiger partial charge is 0.462 e. The summed E-state index contributed by atoms with van der Waals surface area (Å²) in [5.41, 5.74) is -0.831. The first kappa shape index (κ1) is 15.2. The summed E-state index contributed by atoms with van der Waals surface area (Å²) in [6, 6.07) is 4.97. The Balaban J connectivity index is 2.11. The third-order valence-corrected chi connectivity index (χ3v) is 2.78. The van der Waals surface area contributed by atoms with Crippen LogP contribution in [-0.2, 0) is 9.47 Å². The monoisotopic (exact) mass is 294 g/mol. The lowest BCUT2D eigenvalue weighted by Crippen LogP contribution is -2.17. The van der Waals surface area contributed by atoms with Crippen LogP contribution in [0.4, 0.5) is 4.39 Å². The van der Waals surface area contributed by atoms with Crippen LogP contribution in [0.2, 0.25) is 0 Å². The van der Waals surface area contributed by atoms with Gasteiger partial charge in [-0.1, -0.05) is 0 Å². The number of hydrogen-bond donors (Lipinski definition) is 0. The first-order valence-corrected chi connectivity index (χ1v) is 6.60. The van der Waals surface area contributed by atoms with Crippen LogP contribution in [0.15, 0.2) is 33.5 Å². The average Bonchev–Trinajstić information content (AvgIpc) is 2.46. The Hall–Kier alpha value is -2.21. The van der Waals surface area contributed by atoms with E-state index < -0.39 is 17.4 Å². The number of fused-ring (bicyclic) bond motifs is 1. The Morgan fingerprint density at radius 1 is 1.29 bits per heavy atom. The summed E-state index contributed by atoms with van der Waals surface area (Å²) in [5, 5.41) is 0.330. The Bertz CT molecular complexity index is 692. The fourth-order valence-corrected chi connectivity index (χ4v) is 1.78. The zero-order valence-corrected chi connectivity index (χ0v) is 11.6. The van der Waals surface area contributed by atoms with Gasteiger partial charge in [-0.25, -0.2) is 14.0 Å². The molecule has 2 rings (SSSR count). The predicted molar refractivity (Wildman–Crippen MR) is 73.8 cm³/mol. The van der Waals surface area contributed by atoms with Crippen LogP contribution in [0.5, 0.6) is 0 Å². The lowest BCUT2D eigenvalue weighted by atomic mass is 10.2. The molecule has 0 fully saturated rings. The molecular formula is C15H15FO5. The van der Waals surface area contributed by atoms with Gasteiger partial charge in [-0.05, 0) is 31.2 Å². The Morgan fingerprint density at radius 3 is 2.86 bits per heavy atom. The van der Waals surface area contributed by atoms with Gasteiger partial charge in [-0.15, -0.1) is 0 Å². The number of esters is 1. The molecule has 0 radical (unpaired) electrons. The van der Waals surface area contributed by atoms with Gasteiger partial charge in [0, 0.05) is 25.0 Å². The molecule has 0 aliphatic rings. The third kappa shape index (κ3) is 3.88. The van der Waals surface area contributed by atoms with Gasteiger partial charge in [-0.2, -0.15) is 0 Å². The summed E-state index contributed by atoms with van der Waals surface area (Å²) in [4.78, 5) is 23.5. The van der Waals surface area contributed by atoms with Crippen LogP contribution in [0.25, 0.3) is 11.0 Å². The van der Waals surface area contributed by atoms with E-state index in [2.05, 4.69) is 0 Å². The maximum atomic E-state index is 13.1. The topological polar surface area (TPSA) is 65.7 Å². The Morgan fingerprint density at radius 2 is 2.10 bits per heavy atom. The molecule has 0 atom stereocenters. The van der Waals surface area contributed by atoms with E-state index in [4.69, 9.17) is 13.9 Å². The van der Waals surface area contributed by atoms with Crippen molar-refractivity contribution in [2.24, 2.45) is 0 Å². The summed E-state index contributed by atoms with van der Waals surface area (Å²) in [6.45, 7) is 3.07. The van der Waals surface area contributed by atoms with Crippen molar-refractivity contribution in [3.05, 3.63) is 46.1 Å². The molecule has 1 aromatic heterocycles. The van der Waals surface area contributed by atoms with E-state index in [9.17, 15) is 14.0 Å². The first-order chi connectivity index (χ1) is 10.1. The molecule has 21 heavy (non-hydrogen) atoms. The van der Waals surface area contributed by atoms with Gasteiger partial charge in [0.2, 0.25) is 0 Å². The lowest BCUT2D eigenvalue weighted by molar-refractivity contribution is 0.0448. The molecule has 0 unspecified atom stereocenters. The molecule has 6 heteroatoms. The lowest BCUT2D eigenvalue weighted by Gasteiger charge is -2.05. The number of halogens is 1. The summed E-state index contributed by atoms with van der Waals surface area (Å²) < 4.78 is 28.2. The first-order valence-electron chi connectivity index (χ1n) is 6.60. The van der Waals surface area contributed by atoms with Gasteiger partial charge in [0.1, 0.15) is 17.0 Å². The smallest absolute Gasteiger partial charge is 0.351 e. The number of hydrogen-bond acceptors (Lipinski definition) is 5. The maximum absolute atomic E-state index is 13.1. The van der Waals surface area contributed by atoms with E-state index in [0.29, 0.717) is 25.0 Å². The fourth-order valence-electron chi connectivity index (χ4n) is 1.78. The molecule has 0 saturated carbocycles. The highest BCUT2D eigenvalue weighted by Crippen LogP contribution is 2.15. The second-order valence-corrected chi connectivity index (χ2v) is 4.32. The van der Waals surface area contributed by atoms with Gasteiger partial charge < -0.3 is 13.9 Å². The van der Waals surface area contributed by atoms with Crippen LogP contribution in [0.1, 0.15) is 23.7 Å². The third-order valence-electron chi connectivity index (χ3n) is 2.78. The van der Waals surface area contributed by atoms with Crippen molar-refractivity contribution < 1.29 is 23.1 Å². The maximum Gasteiger partial charge on any atom is 0.351 e. The van der Waals surface area contributed by atoms with Crippen molar-refractivity contribution in [3.63, 3.8) is 0 Å². The van der Waals surface area contributed by atoms with Gasteiger partial charge >= 0.3 is 11.6 Å². The van der Waals surface area contributed by atoms with Crippen LogP contribution in [-0.4, -0.2) is 25.8 Å². The van der Waals surface area contributed by atoms with E-state index in [0.717, 1.165) is 0 Å². The van der Waals surface area contributed by atoms with E-state index in [-0.39, 0.29) is 17.8 Å². The van der Waals surface area contributed by atoms with Crippen LogP contribution in [0, 0.1) is 5.82 Å². The number of carbonyl (C=O) groups excluding carboxylic acids is 1. The van der Waals surface area contributed by atoms with Crippen LogP contribution in [0.3, 0.4) is 0 Å². The number of ether oxygens (including phenoxy) is 2. The van der Waals surface area contributed by atoms with Crippen molar-refractivity contribution in [2.75, 3.05) is 19.8 Å². The Kier molecular flexibility index (Phi) is 5.05. The van der Waals surface area contributed by atoms with Crippen LogP contribution >= 0.6 is 0 Å². The summed E-state index contributed by atoms with van der Waals surface area (Å²) in [6.07, 6.45) is 0.535. The molecule has 112 valence electrons. The standard InChI is InChI=1S/C15H15FO5/c1-2-19-6-3-7-20-14(17)12-9-10-8-11(16)4-5-13(10)21-15(12)18/h4-5,8-9H,2-3,6-7H2,1H3. The molecule has 2 aromatic rings. The van der Waals surface area contributed by atoms with Crippen molar-refractivity contribution in [1.29, 1.82) is 0 Å². The molecule has 0 N–H and O–H groups in total. The van der Waals surface area contributed by atoms with E-state index in [1.54, 1.807) is 0 Å². The minimum absolute atomic E-state index is 0.138. The molecule has 0 aliphatic heterocycles. The average molecular weight is 294 g/mol. The molecule has 0 spiro atoms. The van der Waals surface area contributed by atoms with E-state index >= 15 is 0 Å². The van der Waals surface area contributed by atoms with E-state index in [1.807, 2.05) is 6.92 Å². The molecule has 0 aliphatic carbocycles. The highest BCUT2D eigenvalue weighted by molar-refractivity contribution is 5.92. The summed E-state index contributed by atoms with van der Waals surface area (Å²) in [5.74, 6) is -1.27. The molecule has 0 amide bonds. The normalized spacial score (nSPS) is 10.8. The quantitative estimate of drug-likeness (QED) is 0.465. The van der Waals surface area contributed by atoms with Crippen LogP contribution < -0.4 is 5.63 Å². The zero-order valence-electron chi connectivity index (χ0n) is 11.6. The predicted octanol–water partition coefficient (Wildman–Crippen LogP) is 2.52. The van der Waals surface area contributed by atoms with Crippen molar-refractivity contribution in [3.8, 4) is 0 Å². The number of benzene rings is 1. The summed E-state index contributed by atoms with van der Waals surface area (Å²) in [7, 11) is 0. The van der Waals surface area contributed by atoms with Crippen molar-refractivity contribution >= 4 is 16.9 Å². The number of carbonyl (C=O) groups is 1. The van der Waals surface area contributed by atoms with Gasteiger partial charge in [-0.3, -0.25) is 0 Å².